The molecular weight excluding hydrogens is 192 g/mol. The molecule has 1 aliphatic rings. The number of hydrogen-bond acceptors (Lipinski definition) is 3. The average Bonchev–Trinajstić information content (AvgIpc) is 2.45. The van der Waals surface area contributed by atoms with Gasteiger partial charge in [-0.05, 0) is 26.7 Å². The van der Waals surface area contributed by atoms with Gasteiger partial charge in [-0.3, -0.25) is 5.10 Å². The number of nitrogens with one attached hydrogen (secondary N) is 1. The number of aryl methyl sites for hydroxylation is 1. The Morgan fingerprint density at radius 1 is 1.60 bits per heavy atom. The van der Waals surface area contributed by atoms with Crippen molar-refractivity contribution in [1.29, 1.82) is 0 Å². The van der Waals surface area contributed by atoms with Gasteiger partial charge in [-0.25, -0.2) is 4.79 Å². The number of carbonyl (C=O) groups is 1. The van der Waals surface area contributed by atoms with Gasteiger partial charge >= 0.3 is 5.97 Å². The Morgan fingerprint density at radius 2 is 2.33 bits per heavy atom. The third kappa shape index (κ3) is 1.76. The van der Waals surface area contributed by atoms with Gasteiger partial charge in [-0.1, -0.05) is 6.42 Å². The molecule has 4 heteroatoms. The van der Waals surface area contributed by atoms with Gasteiger partial charge < -0.3 is 4.74 Å². The van der Waals surface area contributed by atoms with Crippen molar-refractivity contribution in [3.05, 3.63) is 17.0 Å². The second-order valence-electron chi connectivity index (χ2n) is 3.96. The molecule has 1 saturated carbocycles. The highest BCUT2D eigenvalue weighted by atomic mass is 16.5. The molecule has 2 rings (SSSR count). The lowest BCUT2D eigenvalue weighted by Crippen LogP contribution is -2.15. The molecule has 82 valence electrons. The van der Waals surface area contributed by atoms with Crippen LogP contribution in [0.5, 0.6) is 0 Å². The number of ether oxygens (including phenoxy) is 1. The van der Waals surface area contributed by atoms with Crippen molar-refractivity contribution in [3.8, 4) is 0 Å². The molecule has 0 radical (unpaired) electrons. The van der Waals surface area contributed by atoms with E-state index in [-0.39, 0.29) is 5.97 Å². The van der Waals surface area contributed by atoms with Gasteiger partial charge in [0.1, 0.15) is 5.56 Å². The molecule has 1 aliphatic carbocycles. The second kappa shape index (κ2) is 4.04. The predicted octanol–water partition coefficient (Wildman–Crippen LogP) is 2.16. The monoisotopic (exact) mass is 208 g/mol. The van der Waals surface area contributed by atoms with E-state index >= 15 is 0 Å². The molecule has 1 aromatic rings. The molecule has 0 spiro atoms. The summed E-state index contributed by atoms with van der Waals surface area (Å²) >= 11 is 0. The number of hydrogen-bond donors (Lipinski definition) is 1. The summed E-state index contributed by atoms with van der Waals surface area (Å²) in [6.07, 6.45) is 3.51. The van der Waals surface area contributed by atoms with Crippen LogP contribution in [-0.2, 0) is 4.74 Å². The van der Waals surface area contributed by atoms with E-state index < -0.39 is 0 Å². The van der Waals surface area contributed by atoms with Crippen molar-refractivity contribution in [3.63, 3.8) is 0 Å². The van der Waals surface area contributed by atoms with Crippen LogP contribution >= 0.6 is 0 Å². The van der Waals surface area contributed by atoms with Crippen LogP contribution in [-0.4, -0.2) is 22.8 Å². The third-order valence-electron chi connectivity index (χ3n) is 2.95. The molecule has 0 atom stereocenters. The lowest BCUT2D eigenvalue weighted by atomic mass is 9.81. The predicted molar refractivity (Wildman–Crippen MR) is 55.9 cm³/mol. The van der Waals surface area contributed by atoms with E-state index in [1.54, 1.807) is 0 Å². The van der Waals surface area contributed by atoms with E-state index in [0.29, 0.717) is 18.1 Å². The minimum absolute atomic E-state index is 0.245. The summed E-state index contributed by atoms with van der Waals surface area (Å²) in [5.41, 5.74) is 2.37. The smallest absolute Gasteiger partial charge is 0.341 e. The number of aromatic nitrogens is 2. The van der Waals surface area contributed by atoms with E-state index in [0.717, 1.165) is 24.2 Å². The average molecular weight is 208 g/mol. The maximum Gasteiger partial charge on any atom is 0.341 e. The Morgan fingerprint density at radius 3 is 2.87 bits per heavy atom. The summed E-state index contributed by atoms with van der Waals surface area (Å²) in [6, 6.07) is 0. The fourth-order valence-corrected chi connectivity index (χ4v) is 1.89. The highest BCUT2D eigenvalue weighted by molar-refractivity contribution is 5.92. The maximum absolute atomic E-state index is 11.7. The summed E-state index contributed by atoms with van der Waals surface area (Å²) in [6.45, 7) is 4.09. The van der Waals surface area contributed by atoms with E-state index in [1.807, 2.05) is 13.8 Å². The molecule has 0 amide bonds. The fourth-order valence-electron chi connectivity index (χ4n) is 1.89. The summed E-state index contributed by atoms with van der Waals surface area (Å²) in [7, 11) is 0. The fraction of sp³-hybridized carbons (Fsp3) is 0.636. The molecule has 1 fully saturated rings. The molecule has 0 bridgehead atoms. The Hall–Kier alpha value is -1.32. The molecular formula is C11H16N2O2. The minimum Gasteiger partial charge on any atom is -0.462 e. The molecule has 0 saturated heterocycles. The summed E-state index contributed by atoms with van der Waals surface area (Å²) in [4.78, 5) is 11.7. The molecule has 4 nitrogen and oxygen atoms in total. The van der Waals surface area contributed by atoms with Crippen LogP contribution < -0.4 is 0 Å². The quantitative estimate of drug-likeness (QED) is 0.774. The first-order valence-corrected chi connectivity index (χ1v) is 5.46. The zero-order valence-electron chi connectivity index (χ0n) is 9.17. The van der Waals surface area contributed by atoms with Crippen LogP contribution in [0.3, 0.4) is 0 Å². The largest absolute Gasteiger partial charge is 0.462 e. The first-order chi connectivity index (χ1) is 7.24. The number of aromatic amines is 1. The molecule has 1 aromatic heterocycles. The van der Waals surface area contributed by atoms with Crippen molar-refractivity contribution in [2.75, 3.05) is 6.61 Å². The topological polar surface area (TPSA) is 55.0 Å². The van der Waals surface area contributed by atoms with Crippen molar-refractivity contribution in [2.24, 2.45) is 0 Å². The number of H-pyrrole nitrogens is 1. The normalized spacial score (nSPS) is 16.1. The number of rotatable bonds is 3. The van der Waals surface area contributed by atoms with Crippen LogP contribution in [0.4, 0.5) is 0 Å². The van der Waals surface area contributed by atoms with Gasteiger partial charge in [0.2, 0.25) is 0 Å². The highest BCUT2D eigenvalue weighted by Crippen LogP contribution is 2.37. The van der Waals surface area contributed by atoms with E-state index in [2.05, 4.69) is 10.2 Å². The number of carbonyl (C=O) groups excluding carboxylic acids is 1. The Labute approximate surface area is 89.0 Å². The standard InChI is InChI=1S/C11H16N2O2/c1-3-15-11(14)9-7(2)12-13-10(9)8-5-4-6-8/h8H,3-6H2,1-2H3,(H,12,13). The lowest BCUT2D eigenvalue weighted by molar-refractivity contribution is 0.0523. The number of nitrogens with zero attached hydrogens (tertiary/aromatic N) is 1. The SMILES string of the molecule is CCOC(=O)c1c(C2CCC2)n[nH]c1C. The summed E-state index contributed by atoms with van der Waals surface area (Å²) in [5.74, 6) is 0.208. The van der Waals surface area contributed by atoms with E-state index in [1.165, 1.54) is 6.42 Å². The molecule has 1 heterocycles. The van der Waals surface area contributed by atoms with Gasteiger partial charge in [-0.15, -0.1) is 0 Å². The first kappa shape index (κ1) is 10.2. The minimum atomic E-state index is -0.245. The van der Waals surface area contributed by atoms with Crippen LogP contribution in [0.25, 0.3) is 0 Å². The maximum atomic E-state index is 11.7. The first-order valence-electron chi connectivity index (χ1n) is 5.46. The van der Waals surface area contributed by atoms with Crippen molar-refractivity contribution in [2.45, 2.75) is 39.0 Å². The molecule has 0 aromatic carbocycles. The van der Waals surface area contributed by atoms with Gasteiger partial charge in [0, 0.05) is 11.6 Å². The molecule has 0 aliphatic heterocycles. The van der Waals surface area contributed by atoms with Crippen LogP contribution in [0.2, 0.25) is 0 Å². The van der Waals surface area contributed by atoms with Gasteiger partial charge in [0.05, 0.1) is 12.3 Å². The highest BCUT2D eigenvalue weighted by Gasteiger charge is 2.29. The Kier molecular flexibility index (Phi) is 2.75. The Bertz CT molecular complexity index is 367. The van der Waals surface area contributed by atoms with Crippen molar-refractivity contribution in [1.82, 2.24) is 10.2 Å². The summed E-state index contributed by atoms with van der Waals surface area (Å²) < 4.78 is 5.03. The zero-order valence-corrected chi connectivity index (χ0v) is 9.17. The summed E-state index contributed by atoms with van der Waals surface area (Å²) in [5, 5.41) is 7.09. The molecule has 15 heavy (non-hydrogen) atoms. The van der Waals surface area contributed by atoms with Crippen molar-refractivity contribution >= 4 is 5.97 Å². The van der Waals surface area contributed by atoms with Gasteiger partial charge in [0.15, 0.2) is 0 Å². The van der Waals surface area contributed by atoms with Crippen molar-refractivity contribution < 1.29 is 9.53 Å². The van der Waals surface area contributed by atoms with E-state index in [4.69, 9.17) is 4.74 Å². The van der Waals surface area contributed by atoms with Crippen LogP contribution in [0, 0.1) is 6.92 Å². The zero-order chi connectivity index (χ0) is 10.8. The molecule has 0 unspecified atom stereocenters. The second-order valence-corrected chi connectivity index (χ2v) is 3.96. The lowest BCUT2D eigenvalue weighted by Gasteiger charge is -2.24. The van der Waals surface area contributed by atoms with Crippen LogP contribution in [0.1, 0.15) is 53.8 Å². The number of esters is 1. The van der Waals surface area contributed by atoms with Gasteiger partial charge in [0.25, 0.3) is 0 Å². The van der Waals surface area contributed by atoms with Crippen LogP contribution in [0.15, 0.2) is 0 Å². The third-order valence-corrected chi connectivity index (χ3v) is 2.95. The van der Waals surface area contributed by atoms with Gasteiger partial charge in [-0.2, -0.15) is 5.10 Å². The van der Waals surface area contributed by atoms with E-state index in [9.17, 15) is 4.79 Å². The Balaban J connectivity index is 2.26. The molecule has 1 N–H and O–H groups in total.